The van der Waals surface area contributed by atoms with Crippen molar-refractivity contribution >= 4 is 28.4 Å². The zero-order chi connectivity index (χ0) is 13.8. The van der Waals surface area contributed by atoms with Crippen molar-refractivity contribution in [3.05, 3.63) is 47.6 Å². The molecule has 2 rings (SSSR count). The third-order valence-electron chi connectivity index (χ3n) is 2.19. The Hall–Kier alpha value is -1.72. The SMILES string of the molecule is CC(=O)Oc1cc(Cl)ccc1S(=O)c1ccccn1. The van der Waals surface area contributed by atoms with Gasteiger partial charge in [0.1, 0.15) is 21.6 Å². The molecule has 1 atom stereocenters. The minimum absolute atomic E-state index is 0.184. The summed E-state index contributed by atoms with van der Waals surface area (Å²) < 4.78 is 17.4. The molecule has 1 aromatic heterocycles. The molecule has 0 fully saturated rings. The van der Waals surface area contributed by atoms with Crippen molar-refractivity contribution < 1.29 is 13.7 Å². The Kier molecular flexibility index (Phi) is 4.29. The Balaban J connectivity index is 2.44. The van der Waals surface area contributed by atoms with Crippen LogP contribution in [0, 0.1) is 0 Å². The number of carbonyl (C=O) groups is 1. The Morgan fingerprint density at radius 3 is 2.74 bits per heavy atom. The van der Waals surface area contributed by atoms with Crippen molar-refractivity contribution in [1.29, 1.82) is 0 Å². The molecule has 4 nitrogen and oxygen atoms in total. The van der Waals surface area contributed by atoms with Crippen LogP contribution in [0.4, 0.5) is 0 Å². The fraction of sp³-hybridized carbons (Fsp3) is 0.0769. The molecule has 1 heterocycles. The summed E-state index contributed by atoms with van der Waals surface area (Å²) >= 11 is 5.85. The van der Waals surface area contributed by atoms with Gasteiger partial charge >= 0.3 is 5.97 Å². The van der Waals surface area contributed by atoms with Crippen molar-refractivity contribution in [2.45, 2.75) is 16.8 Å². The fourth-order valence-corrected chi connectivity index (χ4v) is 2.66. The van der Waals surface area contributed by atoms with Crippen LogP contribution in [0.15, 0.2) is 52.5 Å². The molecule has 0 bridgehead atoms. The van der Waals surface area contributed by atoms with Gasteiger partial charge in [-0.3, -0.25) is 4.79 Å². The second-order valence-electron chi connectivity index (χ2n) is 3.62. The minimum atomic E-state index is -1.53. The van der Waals surface area contributed by atoms with Gasteiger partial charge in [-0.1, -0.05) is 17.7 Å². The van der Waals surface area contributed by atoms with Crippen LogP contribution in [-0.2, 0) is 15.6 Å². The Bertz CT molecular complexity index is 631. The number of benzene rings is 1. The molecule has 2 aromatic rings. The lowest BCUT2D eigenvalue weighted by molar-refractivity contribution is -0.132. The molecule has 0 saturated carbocycles. The van der Waals surface area contributed by atoms with Gasteiger partial charge in [0.25, 0.3) is 0 Å². The first kappa shape index (κ1) is 13.7. The van der Waals surface area contributed by atoms with E-state index >= 15 is 0 Å². The van der Waals surface area contributed by atoms with E-state index in [0.29, 0.717) is 14.9 Å². The summed E-state index contributed by atoms with van der Waals surface area (Å²) in [6.07, 6.45) is 1.55. The lowest BCUT2D eigenvalue weighted by Gasteiger charge is -2.08. The Morgan fingerprint density at radius 2 is 2.11 bits per heavy atom. The van der Waals surface area contributed by atoms with Crippen LogP contribution < -0.4 is 4.74 Å². The van der Waals surface area contributed by atoms with Crippen LogP contribution in [0.5, 0.6) is 5.75 Å². The van der Waals surface area contributed by atoms with E-state index in [-0.39, 0.29) is 5.75 Å². The highest BCUT2D eigenvalue weighted by atomic mass is 35.5. The van der Waals surface area contributed by atoms with Gasteiger partial charge in [0.15, 0.2) is 0 Å². The van der Waals surface area contributed by atoms with E-state index in [9.17, 15) is 9.00 Å². The van der Waals surface area contributed by atoms with Crippen molar-refractivity contribution in [1.82, 2.24) is 4.98 Å². The van der Waals surface area contributed by atoms with Crippen LogP contribution >= 0.6 is 11.6 Å². The van der Waals surface area contributed by atoms with Crippen LogP contribution in [-0.4, -0.2) is 15.2 Å². The molecule has 0 radical (unpaired) electrons. The highest BCUT2D eigenvalue weighted by molar-refractivity contribution is 7.85. The van der Waals surface area contributed by atoms with Gasteiger partial charge in [-0.05, 0) is 24.3 Å². The first-order valence-electron chi connectivity index (χ1n) is 5.38. The number of carbonyl (C=O) groups excluding carboxylic acids is 1. The van der Waals surface area contributed by atoms with Gasteiger partial charge in [0.2, 0.25) is 0 Å². The van der Waals surface area contributed by atoms with Gasteiger partial charge in [-0.2, -0.15) is 0 Å². The predicted octanol–water partition coefficient (Wildman–Crippen LogP) is 2.83. The highest BCUT2D eigenvalue weighted by Crippen LogP contribution is 2.28. The van der Waals surface area contributed by atoms with E-state index in [0.717, 1.165) is 0 Å². The number of hydrogen-bond acceptors (Lipinski definition) is 4. The van der Waals surface area contributed by atoms with Crippen LogP contribution in [0.3, 0.4) is 0 Å². The number of ether oxygens (including phenoxy) is 1. The van der Waals surface area contributed by atoms with Gasteiger partial charge in [0, 0.05) is 24.2 Å². The number of pyridine rings is 1. The molecule has 0 aliphatic carbocycles. The number of esters is 1. The van der Waals surface area contributed by atoms with Gasteiger partial charge in [0.05, 0.1) is 4.90 Å². The van der Waals surface area contributed by atoms with E-state index in [2.05, 4.69) is 4.98 Å². The Labute approximate surface area is 117 Å². The minimum Gasteiger partial charge on any atom is -0.425 e. The quantitative estimate of drug-likeness (QED) is 0.645. The summed E-state index contributed by atoms with van der Waals surface area (Å²) in [6, 6.07) is 9.72. The highest BCUT2D eigenvalue weighted by Gasteiger charge is 2.16. The lowest BCUT2D eigenvalue weighted by Crippen LogP contribution is -2.05. The maximum Gasteiger partial charge on any atom is 0.308 e. The van der Waals surface area contributed by atoms with Crippen molar-refractivity contribution in [3.63, 3.8) is 0 Å². The molecule has 19 heavy (non-hydrogen) atoms. The summed E-state index contributed by atoms with van der Waals surface area (Å²) in [5.41, 5.74) is 0. The van der Waals surface area contributed by atoms with Gasteiger partial charge in [-0.25, -0.2) is 9.19 Å². The van der Waals surface area contributed by atoms with Gasteiger partial charge in [-0.15, -0.1) is 0 Å². The molecule has 1 unspecified atom stereocenters. The number of aromatic nitrogens is 1. The monoisotopic (exact) mass is 295 g/mol. The molecular weight excluding hydrogens is 286 g/mol. The summed E-state index contributed by atoms with van der Waals surface area (Å²) in [6.45, 7) is 1.27. The maximum absolute atomic E-state index is 12.4. The second kappa shape index (κ2) is 5.95. The summed E-state index contributed by atoms with van der Waals surface area (Å²) in [4.78, 5) is 15.4. The standard InChI is InChI=1S/C13H10ClNO3S/c1-9(16)18-11-8-10(14)5-6-12(11)19(17)13-4-2-3-7-15-13/h2-8H,1H3. The van der Waals surface area contributed by atoms with E-state index in [4.69, 9.17) is 16.3 Å². The molecule has 0 amide bonds. The predicted molar refractivity (Wildman–Crippen MR) is 71.7 cm³/mol. The first-order chi connectivity index (χ1) is 9.08. The zero-order valence-electron chi connectivity index (χ0n) is 10.00. The van der Waals surface area contributed by atoms with Crippen LogP contribution in [0.2, 0.25) is 5.02 Å². The largest absolute Gasteiger partial charge is 0.425 e. The van der Waals surface area contributed by atoms with Crippen LogP contribution in [0.1, 0.15) is 6.92 Å². The third-order valence-corrected chi connectivity index (χ3v) is 3.78. The third kappa shape index (κ3) is 3.39. The molecule has 0 aliphatic rings. The normalized spacial score (nSPS) is 11.9. The molecule has 0 saturated heterocycles. The number of halogens is 1. The molecular formula is C13H10ClNO3S. The molecule has 0 aliphatic heterocycles. The number of nitrogens with zero attached hydrogens (tertiary/aromatic N) is 1. The van der Waals surface area contributed by atoms with Crippen LogP contribution in [0.25, 0.3) is 0 Å². The lowest BCUT2D eigenvalue weighted by atomic mass is 10.3. The van der Waals surface area contributed by atoms with Crippen molar-refractivity contribution in [2.24, 2.45) is 0 Å². The fourth-order valence-electron chi connectivity index (χ4n) is 1.44. The summed E-state index contributed by atoms with van der Waals surface area (Å²) in [5.74, 6) is -0.314. The Morgan fingerprint density at radius 1 is 1.32 bits per heavy atom. The van der Waals surface area contributed by atoms with Gasteiger partial charge < -0.3 is 4.74 Å². The average molecular weight is 296 g/mol. The molecule has 1 aromatic carbocycles. The van der Waals surface area contributed by atoms with Crippen molar-refractivity contribution in [3.8, 4) is 5.75 Å². The van der Waals surface area contributed by atoms with E-state index in [1.165, 1.54) is 13.0 Å². The number of rotatable bonds is 3. The molecule has 98 valence electrons. The second-order valence-corrected chi connectivity index (χ2v) is 5.45. The van der Waals surface area contributed by atoms with E-state index in [1.807, 2.05) is 0 Å². The van der Waals surface area contributed by atoms with Crippen molar-refractivity contribution in [2.75, 3.05) is 0 Å². The van der Waals surface area contributed by atoms with E-state index < -0.39 is 16.8 Å². The van der Waals surface area contributed by atoms with E-state index in [1.54, 1.807) is 36.5 Å². The molecule has 0 spiro atoms. The topological polar surface area (TPSA) is 56.3 Å². The average Bonchev–Trinajstić information content (AvgIpc) is 2.38. The first-order valence-corrected chi connectivity index (χ1v) is 6.91. The zero-order valence-corrected chi connectivity index (χ0v) is 11.6. The maximum atomic E-state index is 12.4. The molecule has 0 N–H and O–H groups in total. The summed E-state index contributed by atoms with van der Waals surface area (Å²) in [5, 5.41) is 0.788. The summed E-state index contributed by atoms with van der Waals surface area (Å²) in [7, 11) is -1.53. The number of hydrogen-bond donors (Lipinski definition) is 0. The molecule has 6 heteroatoms. The smallest absolute Gasteiger partial charge is 0.308 e.